The lowest BCUT2D eigenvalue weighted by molar-refractivity contribution is -0.129. The van der Waals surface area contributed by atoms with Crippen LogP contribution in [-0.4, -0.2) is 34.8 Å². The highest BCUT2D eigenvalue weighted by Crippen LogP contribution is 2.25. The van der Waals surface area contributed by atoms with Crippen LogP contribution < -0.4 is 5.73 Å². The van der Waals surface area contributed by atoms with Crippen LogP contribution in [0.15, 0.2) is 29.6 Å². The van der Waals surface area contributed by atoms with E-state index in [1.165, 1.54) is 23.5 Å². The Morgan fingerprint density at radius 3 is 2.96 bits per heavy atom. The van der Waals surface area contributed by atoms with Crippen LogP contribution in [0.4, 0.5) is 4.39 Å². The zero-order valence-corrected chi connectivity index (χ0v) is 13.2. The minimum Gasteiger partial charge on any atom is -0.369 e. The number of carbonyl (C=O) groups is 2. The normalized spacial score (nSPS) is 17.4. The Hall–Kier alpha value is -2.28. The summed E-state index contributed by atoms with van der Waals surface area (Å²) in [5.41, 5.74) is 6.63. The van der Waals surface area contributed by atoms with Crippen LogP contribution in [-0.2, 0) is 16.0 Å². The maximum absolute atomic E-state index is 13.3. The van der Waals surface area contributed by atoms with Crippen molar-refractivity contribution < 1.29 is 14.0 Å². The molecule has 1 aliphatic heterocycles. The summed E-state index contributed by atoms with van der Waals surface area (Å²) in [7, 11) is 0. The summed E-state index contributed by atoms with van der Waals surface area (Å²) in [5, 5.41) is 2.49. The lowest BCUT2D eigenvalue weighted by atomic mass is 10.1. The van der Waals surface area contributed by atoms with Gasteiger partial charge in [0, 0.05) is 24.0 Å². The Bertz CT molecular complexity index is 746. The van der Waals surface area contributed by atoms with Gasteiger partial charge in [-0.2, -0.15) is 0 Å². The number of carbonyl (C=O) groups excluding carboxylic acids is 2. The van der Waals surface area contributed by atoms with Crippen LogP contribution in [0.25, 0.3) is 10.6 Å². The van der Waals surface area contributed by atoms with Gasteiger partial charge in [0.05, 0.1) is 18.0 Å². The first-order valence-electron chi connectivity index (χ1n) is 7.30. The van der Waals surface area contributed by atoms with E-state index in [2.05, 4.69) is 4.98 Å². The third-order valence-electron chi connectivity index (χ3n) is 3.90. The number of benzene rings is 1. The van der Waals surface area contributed by atoms with Crippen molar-refractivity contribution in [3.8, 4) is 10.6 Å². The largest absolute Gasteiger partial charge is 0.369 e. The van der Waals surface area contributed by atoms with Crippen molar-refractivity contribution in [2.75, 3.05) is 13.1 Å². The molecule has 2 heterocycles. The number of rotatable bonds is 4. The van der Waals surface area contributed by atoms with Gasteiger partial charge in [-0.05, 0) is 18.6 Å². The topological polar surface area (TPSA) is 76.3 Å². The second kappa shape index (κ2) is 6.45. The number of nitrogens with two attached hydrogens (primary N) is 1. The zero-order chi connectivity index (χ0) is 16.4. The molecule has 1 fully saturated rings. The van der Waals surface area contributed by atoms with Gasteiger partial charge in [-0.1, -0.05) is 12.1 Å². The van der Waals surface area contributed by atoms with E-state index in [-0.39, 0.29) is 30.0 Å². The second-order valence-electron chi connectivity index (χ2n) is 5.56. The molecule has 0 spiro atoms. The van der Waals surface area contributed by atoms with Gasteiger partial charge >= 0.3 is 0 Å². The first kappa shape index (κ1) is 15.6. The van der Waals surface area contributed by atoms with Crippen molar-refractivity contribution in [2.24, 2.45) is 11.7 Å². The SMILES string of the molecule is NC(=O)C1CCN(C(=O)Cc2csc(-c3cccc(F)c3)n2)C1. The molecule has 1 unspecified atom stereocenters. The maximum atomic E-state index is 13.3. The van der Waals surface area contributed by atoms with Crippen LogP contribution in [0, 0.1) is 11.7 Å². The van der Waals surface area contributed by atoms with Crippen molar-refractivity contribution in [1.29, 1.82) is 0 Å². The average Bonchev–Trinajstić information content (AvgIpc) is 3.16. The molecule has 7 heteroatoms. The van der Waals surface area contributed by atoms with E-state index in [9.17, 15) is 14.0 Å². The van der Waals surface area contributed by atoms with E-state index in [1.807, 2.05) is 0 Å². The lowest BCUT2D eigenvalue weighted by Gasteiger charge is -2.15. The van der Waals surface area contributed by atoms with E-state index < -0.39 is 0 Å². The highest BCUT2D eigenvalue weighted by atomic mass is 32.1. The van der Waals surface area contributed by atoms with Gasteiger partial charge in [0.15, 0.2) is 0 Å². The van der Waals surface area contributed by atoms with Crippen molar-refractivity contribution in [1.82, 2.24) is 9.88 Å². The number of halogens is 1. The summed E-state index contributed by atoms with van der Waals surface area (Å²) >= 11 is 1.38. The molecule has 1 aromatic heterocycles. The third-order valence-corrected chi connectivity index (χ3v) is 4.84. The molecule has 1 aromatic carbocycles. The van der Waals surface area contributed by atoms with Gasteiger partial charge in [-0.15, -0.1) is 11.3 Å². The van der Waals surface area contributed by atoms with Crippen molar-refractivity contribution in [2.45, 2.75) is 12.8 Å². The number of amides is 2. The molecule has 0 saturated carbocycles. The zero-order valence-electron chi connectivity index (χ0n) is 12.4. The molecule has 1 saturated heterocycles. The Labute approximate surface area is 136 Å². The Morgan fingerprint density at radius 1 is 1.43 bits per heavy atom. The van der Waals surface area contributed by atoms with E-state index in [1.54, 1.807) is 22.4 Å². The number of hydrogen-bond donors (Lipinski definition) is 1. The standard InChI is InChI=1S/C16H16FN3O2S/c17-12-3-1-2-10(6-12)16-19-13(9-23-16)7-14(21)20-5-4-11(8-20)15(18)22/h1-3,6,9,11H,4-5,7-8H2,(H2,18,22). The van der Waals surface area contributed by atoms with Gasteiger partial charge < -0.3 is 10.6 Å². The third kappa shape index (κ3) is 3.56. The Balaban J connectivity index is 1.65. The minimum atomic E-state index is -0.359. The molecule has 1 aliphatic rings. The van der Waals surface area contributed by atoms with Gasteiger partial charge in [0.2, 0.25) is 11.8 Å². The summed E-state index contributed by atoms with van der Waals surface area (Å²) in [4.78, 5) is 29.5. The molecular weight excluding hydrogens is 317 g/mol. The predicted molar refractivity (Wildman–Crippen MR) is 85.1 cm³/mol. The van der Waals surface area contributed by atoms with Crippen LogP contribution in [0.5, 0.6) is 0 Å². The second-order valence-corrected chi connectivity index (χ2v) is 6.42. The van der Waals surface area contributed by atoms with Crippen molar-refractivity contribution in [3.05, 3.63) is 41.2 Å². The van der Waals surface area contributed by atoms with Crippen LogP contribution >= 0.6 is 11.3 Å². The molecule has 120 valence electrons. The highest BCUT2D eigenvalue weighted by molar-refractivity contribution is 7.13. The van der Waals surface area contributed by atoms with E-state index in [4.69, 9.17) is 5.73 Å². The maximum Gasteiger partial charge on any atom is 0.228 e. The van der Waals surface area contributed by atoms with E-state index in [0.29, 0.717) is 35.8 Å². The summed E-state index contributed by atoms with van der Waals surface area (Å²) < 4.78 is 13.3. The number of hydrogen-bond acceptors (Lipinski definition) is 4. The molecule has 3 rings (SSSR count). The number of thiazole rings is 1. The van der Waals surface area contributed by atoms with Gasteiger partial charge in [-0.3, -0.25) is 9.59 Å². The fourth-order valence-corrected chi connectivity index (χ4v) is 3.44. The monoisotopic (exact) mass is 333 g/mol. The molecule has 0 radical (unpaired) electrons. The van der Waals surface area contributed by atoms with Gasteiger partial charge in [-0.25, -0.2) is 9.37 Å². The highest BCUT2D eigenvalue weighted by Gasteiger charge is 2.29. The molecule has 23 heavy (non-hydrogen) atoms. The molecular formula is C16H16FN3O2S. The Kier molecular flexibility index (Phi) is 4.38. The number of aromatic nitrogens is 1. The lowest BCUT2D eigenvalue weighted by Crippen LogP contribution is -2.32. The molecule has 0 bridgehead atoms. The molecule has 2 aromatic rings. The minimum absolute atomic E-state index is 0.0650. The first-order chi connectivity index (χ1) is 11.0. The summed E-state index contributed by atoms with van der Waals surface area (Å²) in [6.07, 6.45) is 0.796. The van der Waals surface area contributed by atoms with Crippen molar-refractivity contribution in [3.63, 3.8) is 0 Å². The summed E-state index contributed by atoms with van der Waals surface area (Å²) in [6, 6.07) is 6.21. The van der Waals surface area contributed by atoms with Crippen LogP contribution in [0.1, 0.15) is 12.1 Å². The van der Waals surface area contributed by atoms with Crippen LogP contribution in [0.2, 0.25) is 0 Å². The number of likely N-dealkylation sites (tertiary alicyclic amines) is 1. The molecule has 1 atom stereocenters. The molecule has 0 aliphatic carbocycles. The summed E-state index contributed by atoms with van der Waals surface area (Å²) in [6.45, 7) is 0.933. The fourth-order valence-electron chi connectivity index (χ4n) is 2.63. The summed E-state index contributed by atoms with van der Waals surface area (Å²) in [5.74, 6) is -0.991. The van der Waals surface area contributed by atoms with E-state index in [0.717, 1.165) is 0 Å². The number of nitrogens with zero attached hydrogens (tertiary/aromatic N) is 2. The number of primary amides is 1. The van der Waals surface area contributed by atoms with E-state index >= 15 is 0 Å². The molecule has 2 N–H and O–H groups in total. The quantitative estimate of drug-likeness (QED) is 0.927. The first-order valence-corrected chi connectivity index (χ1v) is 8.18. The van der Waals surface area contributed by atoms with Gasteiger partial charge in [0.25, 0.3) is 0 Å². The predicted octanol–water partition coefficient (Wildman–Crippen LogP) is 1.83. The van der Waals surface area contributed by atoms with Crippen LogP contribution in [0.3, 0.4) is 0 Å². The molecule has 5 nitrogen and oxygen atoms in total. The van der Waals surface area contributed by atoms with Gasteiger partial charge in [0.1, 0.15) is 10.8 Å². The average molecular weight is 333 g/mol. The smallest absolute Gasteiger partial charge is 0.228 e. The fraction of sp³-hybridized carbons (Fsp3) is 0.312. The van der Waals surface area contributed by atoms with Crippen molar-refractivity contribution >= 4 is 23.2 Å². The Morgan fingerprint density at radius 2 is 2.26 bits per heavy atom. The molecule has 2 amide bonds.